The molecule has 126 valence electrons. The van der Waals surface area contributed by atoms with E-state index in [-0.39, 0.29) is 35.6 Å². The summed E-state index contributed by atoms with van der Waals surface area (Å²) >= 11 is 0. The van der Waals surface area contributed by atoms with Gasteiger partial charge in [-0.05, 0) is 18.9 Å². The number of aromatic amines is 1. The Morgan fingerprint density at radius 2 is 2.12 bits per heavy atom. The molecule has 9 heteroatoms. The molecule has 3 rings (SSSR count). The van der Waals surface area contributed by atoms with Gasteiger partial charge >= 0.3 is 0 Å². The van der Waals surface area contributed by atoms with Crippen LogP contribution in [0.15, 0.2) is 23.3 Å². The van der Waals surface area contributed by atoms with Gasteiger partial charge in [0.25, 0.3) is 11.2 Å². The van der Waals surface area contributed by atoms with Crippen LogP contribution in [-0.2, 0) is 4.79 Å². The fraction of sp³-hybridized carbons (Fsp3) is 0.400. The molecule has 0 spiro atoms. The zero-order valence-corrected chi connectivity index (χ0v) is 12.9. The lowest BCUT2D eigenvalue weighted by molar-refractivity contribution is -0.383. The first-order valence-corrected chi connectivity index (χ1v) is 7.74. The van der Waals surface area contributed by atoms with E-state index >= 15 is 0 Å². The van der Waals surface area contributed by atoms with Crippen LogP contribution in [0.1, 0.15) is 19.3 Å². The lowest BCUT2D eigenvalue weighted by Crippen LogP contribution is -2.29. The summed E-state index contributed by atoms with van der Waals surface area (Å²) in [6.45, 7) is 1.84. The second-order valence-corrected chi connectivity index (χ2v) is 5.64. The first-order chi connectivity index (χ1) is 11.6. The molecule has 1 aromatic heterocycles. The predicted octanol–water partition coefficient (Wildman–Crippen LogP) is 1.26. The summed E-state index contributed by atoms with van der Waals surface area (Å²) in [7, 11) is 0. The highest BCUT2D eigenvalue weighted by atomic mass is 16.6. The molecule has 0 unspecified atom stereocenters. The first kappa shape index (κ1) is 15.9. The number of anilines is 1. The molecule has 0 bridgehead atoms. The van der Waals surface area contributed by atoms with Gasteiger partial charge in [-0.1, -0.05) is 0 Å². The third-order valence-electron chi connectivity index (χ3n) is 4.07. The van der Waals surface area contributed by atoms with Crippen molar-refractivity contribution in [2.45, 2.75) is 19.3 Å². The molecule has 9 nitrogen and oxygen atoms in total. The molecule has 2 heterocycles. The number of hydrogen-bond donors (Lipinski definition) is 2. The van der Waals surface area contributed by atoms with Crippen LogP contribution in [0.25, 0.3) is 10.9 Å². The molecule has 2 aromatic rings. The van der Waals surface area contributed by atoms with Crippen LogP contribution >= 0.6 is 0 Å². The summed E-state index contributed by atoms with van der Waals surface area (Å²) < 4.78 is 0. The fourth-order valence-electron chi connectivity index (χ4n) is 2.83. The number of nitro groups is 1. The van der Waals surface area contributed by atoms with Crippen molar-refractivity contribution in [3.63, 3.8) is 0 Å². The number of amides is 1. The normalized spacial score (nSPS) is 14.1. The van der Waals surface area contributed by atoms with Crippen molar-refractivity contribution >= 4 is 28.2 Å². The average molecular weight is 331 g/mol. The summed E-state index contributed by atoms with van der Waals surface area (Å²) in [5.74, 6) is 0.0398. The van der Waals surface area contributed by atoms with Gasteiger partial charge in [-0.3, -0.25) is 19.7 Å². The minimum absolute atomic E-state index is 0.0398. The Morgan fingerprint density at radius 1 is 1.38 bits per heavy atom. The predicted molar refractivity (Wildman–Crippen MR) is 87.9 cm³/mol. The quantitative estimate of drug-likeness (QED) is 0.628. The van der Waals surface area contributed by atoms with E-state index in [0.29, 0.717) is 5.52 Å². The number of fused-ring (bicyclic) bond motifs is 1. The standard InChI is InChI=1S/C15H17N5O4/c21-14(19-5-1-2-6-19)3-4-16-12-8-11-10(7-13(12)20(23)24)15(22)18-9-17-11/h7-9,16H,1-6H2,(H,17,18,22). The lowest BCUT2D eigenvalue weighted by Gasteiger charge is -2.15. The third-order valence-corrected chi connectivity index (χ3v) is 4.07. The van der Waals surface area contributed by atoms with Crippen LogP contribution in [0.2, 0.25) is 0 Å². The SMILES string of the molecule is O=C(CCNc1cc2nc[nH]c(=O)c2cc1[N+](=O)[O-])N1CCCC1. The molecule has 1 fully saturated rings. The van der Waals surface area contributed by atoms with Crippen molar-refractivity contribution in [2.24, 2.45) is 0 Å². The molecule has 2 N–H and O–H groups in total. The van der Waals surface area contributed by atoms with Crippen molar-refractivity contribution in [1.29, 1.82) is 0 Å². The van der Waals surface area contributed by atoms with Gasteiger partial charge in [-0.2, -0.15) is 0 Å². The number of benzene rings is 1. The molecule has 24 heavy (non-hydrogen) atoms. The lowest BCUT2D eigenvalue weighted by atomic mass is 10.2. The van der Waals surface area contributed by atoms with Crippen LogP contribution in [0, 0.1) is 10.1 Å². The number of likely N-dealkylation sites (tertiary alicyclic amines) is 1. The second-order valence-electron chi connectivity index (χ2n) is 5.64. The highest BCUT2D eigenvalue weighted by Crippen LogP contribution is 2.27. The van der Waals surface area contributed by atoms with Crippen LogP contribution in [0.4, 0.5) is 11.4 Å². The number of H-pyrrole nitrogens is 1. The van der Waals surface area contributed by atoms with Gasteiger partial charge in [-0.15, -0.1) is 0 Å². The smallest absolute Gasteiger partial charge is 0.293 e. The van der Waals surface area contributed by atoms with E-state index in [1.165, 1.54) is 18.5 Å². The molecular formula is C15H17N5O4. The van der Waals surface area contributed by atoms with Gasteiger partial charge in [-0.25, -0.2) is 4.98 Å². The van der Waals surface area contributed by atoms with Crippen molar-refractivity contribution in [3.8, 4) is 0 Å². The van der Waals surface area contributed by atoms with Gasteiger partial charge in [0.15, 0.2) is 0 Å². The first-order valence-electron chi connectivity index (χ1n) is 7.74. The van der Waals surface area contributed by atoms with Crippen LogP contribution in [0.3, 0.4) is 0 Å². The fourth-order valence-corrected chi connectivity index (χ4v) is 2.83. The Kier molecular flexibility index (Phi) is 4.41. The van der Waals surface area contributed by atoms with E-state index in [1.54, 1.807) is 4.90 Å². The van der Waals surface area contributed by atoms with E-state index in [0.717, 1.165) is 25.9 Å². The number of nitro benzene ring substituents is 1. The molecule has 1 aromatic carbocycles. The number of hydrogen-bond acceptors (Lipinski definition) is 6. The van der Waals surface area contributed by atoms with Crippen LogP contribution in [0.5, 0.6) is 0 Å². The molecule has 1 saturated heterocycles. The molecule has 0 saturated carbocycles. The summed E-state index contributed by atoms with van der Waals surface area (Å²) in [5, 5.41) is 14.3. The number of nitrogens with one attached hydrogen (secondary N) is 2. The van der Waals surface area contributed by atoms with E-state index in [4.69, 9.17) is 0 Å². The van der Waals surface area contributed by atoms with E-state index in [1.807, 2.05) is 0 Å². The van der Waals surface area contributed by atoms with Gasteiger partial charge < -0.3 is 15.2 Å². The Morgan fingerprint density at radius 3 is 2.83 bits per heavy atom. The largest absolute Gasteiger partial charge is 0.379 e. The van der Waals surface area contributed by atoms with Gasteiger partial charge in [0.2, 0.25) is 5.91 Å². The Hall–Kier alpha value is -2.97. The van der Waals surface area contributed by atoms with Gasteiger partial charge in [0.1, 0.15) is 5.69 Å². The van der Waals surface area contributed by atoms with Crippen molar-refractivity contribution in [1.82, 2.24) is 14.9 Å². The van der Waals surface area contributed by atoms with Crippen molar-refractivity contribution in [3.05, 3.63) is 38.9 Å². The maximum Gasteiger partial charge on any atom is 0.293 e. The Labute approximate surface area is 136 Å². The second kappa shape index (κ2) is 6.65. The van der Waals surface area contributed by atoms with Crippen molar-refractivity contribution < 1.29 is 9.72 Å². The topological polar surface area (TPSA) is 121 Å². The Balaban J connectivity index is 1.77. The monoisotopic (exact) mass is 331 g/mol. The molecule has 0 radical (unpaired) electrons. The average Bonchev–Trinajstić information content (AvgIpc) is 3.09. The Bertz CT molecular complexity index is 841. The number of carbonyl (C=O) groups excluding carboxylic acids is 1. The molecule has 1 aliphatic heterocycles. The number of nitrogens with zero attached hydrogens (tertiary/aromatic N) is 3. The van der Waals surface area contributed by atoms with Crippen molar-refractivity contribution in [2.75, 3.05) is 25.0 Å². The minimum Gasteiger partial charge on any atom is -0.379 e. The number of aromatic nitrogens is 2. The van der Waals surface area contributed by atoms with Gasteiger partial charge in [0.05, 0.1) is 22.2 Å². The minimum atomic E-state index is -0.559. The van der Waals surface area contributed by atoms with E-state index in [9.17, 15) is 19.7 Å². The van der Waals surface area contributed by atoms with E-state index in [2.05, 4.69) is 15.3 Å². The zero-order valence-electron chi connectivity index (χ0n) is 12.9. The molecular weight excluding hydrogens is 314 g/mol. The molecule has 0 atom stereocenters. The zero-order chi connectivity index (χ0) is 17.1. The van der Waals surface area contributed by atoms with Crippen LogP contribution in [-0.4, -0.2) is 45.3 Å². The number of carbonyl (C=O) groups is 1. The highest BCUT2D eigenvalue weighted by Gasteiger charge is 2.19. The third kappa shape index (κ3) is 3.19. The molecule has 0 aliphatic carbocycles. The van der Waals surface area contributed by atoms with Crippen LogP contribution < -0.4 is 10.9 Å². The van der Waals surface area contributed by atoms with E-state index < -0.39 is 10.5 Å². The summed E-state index contributed by atoms with van der Waals surface area (Å²) in [6, 6.07) is 2.66. The number of rotatable bonds is 5. The maximum absolute atomic E-state index is 12.0. The van der Waals surface area contributed by atoms with Gasteiger partial charge in [0, 0.05) is 32.1 Å². The highest BCUT2D eigenvalue weighted by molar-refractivity contribution is 5.86. The molecule has 1 amide bonds. The summed E-state index contributed by atoms with van der Waals surface area (Å²) in [4.78, 5) is 42.6. The summed E-state index contributed by atoms with van der Waals surface area (Å²) in [6.07, 6.45) is 3.56. The molecule has 1 aliphatic rings. The summed E-state index contributed by atoms with van der Waals surface area (Å²) in [5.41, 5.74) is -0.0361. The maximum atomic E-state index is 12.0.